The number of anilines is 1. The standard InChI is InChI=1S/C22H22F4N4O4S/c1-3-4-9-34-21-15(5-7-18(29-21)22(24,25)26)6-8-19(31)28-13-14-10-16(12-27)20(17(23)11-14)30-35(2,32)33/h5-8,10-11,30H,3-4,9,13H2,1-2H3,(H,28,31)/b8-6+. The van der Waals surface area contributed by atoms with Gasteiger partial charge in [-0.05, 0) is 42.3 Å². The summed E-state index contributed by atoms with van der Waals surface area (Å²) in [6.45, 7) is 1.82. The molecule has 2 rings (SSSR count). The fourth-order valence-corrected chi connectivity index (χ4v) is 3.30. The molecular weight excluding hydrogens is 492 g/mol. The number of benzene rings is 1. The average molecular weight is 515 g/mol. The summed E-state index contributed by atoms with van der Waals surface area (Å²) in [4.78, 5) is 15.7. The number of ether oxygens (including phenoxy) is 1. The van der Waals surface area contributed by atoms with Crippen molar-refractivity contribution in [1.82, 2.24) is 10.3 Å². The smallest absolute Gasteiger partial charge is 0.433 e. The Morgan fingerprint density at radius 3 is 2.60 bits per heavy atom. The predicted molar refractivity (Wildman–Crippen MR) is 120 cm³/mol. The van der Waals surface area contributed by atoms with Gasteiger partial charge in [0.2, 0.25) is 21.8 Å². The van der Waals surface area contributed by atoms with Crippen LogP contribution in [0.1, 0.15) is 42.1 Å². The van der Waals surface area contributed by atoms with Crippen LogP contribution in [0.25, 0.3) is 6.08 Å². The fourth-order valence-electron chi connectivity index (χ4n) is 2.72. The van der Waals surface area contributed by atoms with Crippen molar-refractivity contribution in [3.8, 4) is 11.9 Å². The third-order valence-electron chi connectivity index (χ3n) is 4.36. The number of nitriles is 1. The number of alkyl halides is 3. The fraction of sp³-hybridized carbons (Fsp3) is 0.318. The first-order valence-electron chi connectivity index (χ1n) is 10.2. The number of nitrogens with one attached hydrogen (secondary N) is 2. The van der Waals surface area contributed by atoms with Gasteiger partial charge in [-0.15, -0.1) is 0 Å². The molecule has 0 aliphatic heterocycles. The van der Waals surface area contributed by atoms with Gasteiger partial charge in [-0.2, -0.15) is 18.4 Å². The van der Waals surface area contributed by atoms with Gasteiger partial charge >= 0.3 is 6.18 Å². The molecule has 0 saturated heterocycles. The average Bonchev–Trinajstić information content (AvgIpc) is 2.76. The van der Waals surface area contributed by atoms with Crippen LogP contribution in [0.2, 0.25) is 0 Å². The van der Waals surface area contributed by atoms with Crippen LogP contribution in [0.5, 0.6) is 5.88 Å². The number of unbranched alkanes of at least 4 members (excludes halogenated alkanes) is 1. The van der Waals surface area contributed by atoms with E-state index in [1.807, 2.05) is 11.6 Å². The van der Waals surface area contributed by atoms with E-state index in [1.54, 1.807) is 6.07 Å². The van der Waals surface area contributed by atoms with Gasteiger partial charge in [0.05, 0.1) is 18.4 Å². The Bertz CT molecular complexity index is 1260. The highest BCUT2D eigenvalue weighted by Gasteiger charge is 2.33. The van der Waals surface area contributed by atoms with Crippen molar-refractivity contribution >= 4 is 27.7 Å². The van der Waals surface area contributed by atoms with E-state index in [0.717, 1.165) is 37.0 Å². The van der Waals surface area contributed by atoms with E-state index < -0.39 is 39.3 Å². The van der Waals surface area contributed by atoms with E-state index in [2.05, 4.69) is 10.3 Å². The molecule has 13 heteroatoms. The molecule has 0 saturated carbocycles. The first-order chi connectivity index (χ1) is 16.3. The van der Waals surface area contributed by atoms with Crippen LogP contribution in [0.15, 0.2) is 30.3 Å². The molecule has 0 radical (unpaired) electrons. The normalized spacial score (nSPS) is 11.8. The van der Waals surface area contributed by atoms with Gasteiger partial charge in [0, 0.05) is 18.2 Å². The molecule has 0 unspecified atom stereocenters. The molecule has 188 valence electrons. The second-order valence-corrected chi connectivity index (χ2v) is 9.08. The molecule has 1 aromatic carbocycles. The number of rotatable bonds is 10. The maximum atomic E-state index is 14.3. The quantitative estimate of drug-likeness (QED) is 0.281. The number of carbonyl (C=O) groups is 1. The van der Waals surface area contributed by atoms with Crippen molar-refractivity contribution in [2.45, 2.75) is 32.5 Å². The van der Waals surface area contributed by atoms with Crippen molar-refractivity contribution < 1.29 is 35.5 Å². The van der Waals surface area contributed by atoms with Crippen LogP contribution in [0.3, 0.4) is 0 Å². The minimum absolute atomic E-state index is 0.148. The first kappa shape index (κ1) is 27.6. The highest BCUT2D eigenvalue weighted by atomic mass is 32.2. The molecule has 8 nitrogen and oxygen atoms in total. The summed E-state index contributed by atoms with van der Waals surface area (Å²) >= 11 is 0. The lowest BCUT2D eigenvalue weighted by Crippen LogP contribution is -2.21. The van der Waals surface area contributed by atoms with Crippen molar-refractivity contribution in [3.63, 3.8) is 0 Å². The molecule has 0 aliphatic rings. The first-order valence-corrected chi connectivity index (χ1v) is 12.1. The lowest BCUT2D eigenvalue weighted by molar-refractivity contribution is -0.141. The van der Waals surface area contributed by atoms with E-state index in [0.29, 0.717) is 6.42 Å². The van der Waals surface area contributed by atoms with E-state index in [-0.39, 0.29) is 35.7 Å². The van der Waals surface area contributed by atoms with E-state index >= 15 is 0 Å². The van der Waals surface area contributed by atoms with E-state index in [4.69, 9.17) is 4.74 Å². The molecule has 0 aliphatic carbocycles. The predicted octanol–water partition coefficient (Wildman–Crippen LogP) is 3.99. The summed E-state index contributed by atoms with van der Waals surface area (Å²) in [5.41, 5.74) is -1.58. The van der Waals surface area contributed by atoms with Gasteiger partial charge in [0.25, 0.3) is 0 Å². The summed E-state index contributed by atoms with van der Waals surface area (Å²) < 4.78 is 83.2. The summed E-state index contributed by atoms with van der Waals surface area (Å²) in [5.74, 6) is -1.94. The van der Waals surface area contributed by atoms with Crippen LogP contribution in [0, 0.1) is 17.1 Å². The largest absolute Gasteiger partial charge is 0.477 e. The minimum atomic E-state index is -4.66. The van der Waals surface area contributed by atoms with Crippen LogP contribution >= 0.6 is 0 Å². The zero-order valence-electron chi connectivity index (χ0n) is 18.7. The topological polar surface area (TPSA) is 121 Å². The second-order valence-electron chi connectivity index (χ2n) is 7.33. The lowest BCUT2D eigenvalue weighted by Gasteiger charge is -2.12. The Balaban J connectivity index is 2.15. The number of aromatic nitrogens is 1. The number of pyridine rings is 1. The van der Waals surface area contributed by atoms with Crippen LogP contribution in [0.4, 0.5) is 23.2 Å². The molecule has 1 heterocycles. The number of hydrogen-bond donors (Lipinski definition) is 2. The molecule has 0 fully saturated rings. The lowest BCUT2D eigenvalue weighted by atomic mass is 10.1. The highest BCUT2D eigenvalue weighted by Crippen LogP contribution is 2.30. The van der Waals surface area contributed by atoms with Crippen LogP contribution in [-0.4, -0.2) is 32.2 Å². The second kappa shape index (κ2) is 11.7. The highest BCUT2D eigenvalue weighted by molar-refractivity contribution is 7.92. The number of carbonyl (C=O) groups excluding carboxylic acids is 1. The van der Waals surface area contributed by atoms with E-state index in [1.165, 1.54) is 12.1 Å². The number of halogens is 4. The van der Waals surface area contributed by atoms with Crippen LogP contribution < -0.4 is 14.8 Å². The molecule has 1 aromatic heterocycles. The van der Waals surface area contributed by atoms with Gasteiger partial charge < -0.3 is 10.1 Å². The van der Waals surface area contributed by atoms with Crippen molar-refractivity contribution in [2.24, 2.45) is 0 Å². The third-order valence-corrected chi connectivity index (χ3v) is 4.93. The zero-order chi connectivity index (χ0) is 26.2. The summed E-state index contributed by atoms with van der Waals surface area (Å²) in [6, 6.07) is 5.74. The van der Waals surface area contributed by atoms with Gasteiger partial charge in [-0.25, -0.2) is 17.8 Å². The molecular formula is C22H22F4N4O4S. The van der Waals surface area contributed by atoms with Crippen LogP contribution in [-0.2, 0) is 27.5 Å². The Morgan fingerprint density at radius 2 is 2.00 bits per heavy atom. The minimum Gasteiger partial charge on any atom is -0.477 e. The van der Waals surface area contributed by atoms with Crippen molar-refractivity contribution in [3.05, 3.63) is 58.5 Å². The Labute approximate surface area is 199 Å². The number of hydrogen-bond acceptors (Lipinski definition) is 6. The van der Waals surface area contributed by atoms with E-state index in [9.17, 15) is 36.0 Å². The summed E-state index contributed by atoms with van der Waals surface area (Å²) in [7, 11) is -3.82. The Kier molecular flexibility index (Phi) is 9.18. The molecule has 0 spiro atoms. The van der Waals surface area contributed by atoms with Crippen molar-refractivity contribution in [2.75, 3.05) is 17.6 Å². The number of sulfonamides is 1. The van der Waals surface area contributed by atoms with Crippen molar-refractivity contribution in [1.29, 1.82) is 5.26 Å². The number of nitrogens with zero attached hydrogens (tertiary/aromatic N) is 2. The van der Waals surface area contributed by atoms with Gasteiger partial charge in [0.15, 0.2) is 0 Å². The molecule has 2 aromatic rings. The Hall–Kier alpha value is -3.66. The Morgan fingerprint density at radius 1 is 1.29 bits per heavy atom. The number of amides is 1. The SMILES string of the molecule is CCCCOc1nc(C(F)(F)F)ccc1/C=C/C(=O)NCc1cc(F)c(NS(C)(=O)=O)c(C#N)c1. The van der Waals surface area contributed by atoms with Gasteiger partial charge in [-0.1, -0.05) is 13.3 Å². The molecule has 35 heavy (non-hydrogen) atoms. The molecule has 0 atom stereocenters. The van der Waals surface area contributed by atoms with Gasteiger partial charge in [-0.3, -0.25) is 9.52 Å². The monoisotopic (exact) mass is 514 g/mol. The third kappa shape index (κ3) is 8.56. The summed E-state index contributed by atoms with van der Waals surface area (Å²) in [5, 5.41) is 11.6. The molecule has 2 N–H and O–H groups in total. The zero-order valence-corrected chi connectivity index (χ0v) is 19.6. The molecule has 0 bridgehead atoms. The summed E-state index contributed by atoms with van der Waals surface area (Å²) in [6.07, 6.45) is -0.234. The maximum absolute atomic E-state index is 14.3. The maximum Gasteiger partial charge on any atom is 0.433 e. The van der Waals surface area contributed by atoms with Gasteiger partial charge in [0.1, 0.15) is 23.3 Å². The molecule has 1 amide bonds.